The number of nitrogens with one attached hydrogen (secondary N) is 2. The van der Waals surface area contributed by atoms with Gasteiger partial charge in [0.25, 0.3) is 0 Å². The van der Waals surface area contributed by atoms with Crippen molar-refractivity contribution in [3.63, 3.8) is 0 Å². The van der Waals surface area contributed by atoms with E-state index in [1.54, 1.807) is 26.3 Å². The van der Waals surface area contributed by atoms with Crippen molar-refractivity contribution in [2.75, 3.05) is 32.6 Å². The summed E-state index contributed by atoms with van der Waals surface area (Å²) >= 11 is 6.02. The van der Waals surface area contributed by atoms with Crippen LogP contribution < -0.4 is 20.1 Å². The molecular formula is C21H25ClIN5O3. The molecule has 0 bridgehead atoms. The van der Waals surface area contributed by atoms with Gasteiger partial charge in [0.05, 0.1) is 13.7 Å². The molecule has 3 rings (SSSR count). The van der Waals surface area contributed by atoms with Crippen molar-refractivity contribution in [3.05, 3.63) is 53.4 Å². The van der Waals surface area contributed by atoms with Gasteiger partial charge in [0.15, 0.2) is 17.5 Å². The van der Waals surface area contributed by atoms with Crippen LogP contribution in [0.2, 0.25) is 5.02 Å². The molecule has 0 saturated carbocycles. The predicted octanol–water partition coefficient (Wildman–Crippen LogP) is 4.65. The Balaban J connectivity index is 0.00000341. The molecule has 0 amide bonds. The van der Waals surface area contributed by atoms with Crippen LogP contribution in [0.4, 0.5) is 5.69 Å². The molecule has 31 heavy (non-hydrogen) atoms. The van der Waals surface area contributed by atoms with E-state index in [2.05, 4.69) is 25.8 Å². The molecule has 8 nitrogen and oxygen atoms in total. The molecule has 1 heterocycles. The fourth-order valence-electron chi connectivity index (χ4n) is 2.73. The Labute approximate surface area is 203 Å². The van der Waals surface area contributed by atoms with Crippen molar-refractivity contribution in [2.45, 2.75) is 13.3 Å². The first-order chi connectivity index (χ1) is 14.6. The standard InChI is InChI=1S/C21H24ClN5O3.HI/c1-4-29-18-13-16(8-9-17(18)28-3)25-21(23-2)24-11-10-19-26-20(27-30-19)14-6-5-7-15(22)12-14;/h5-9,12-13H,4,10-11H2,1-3H3,(H2,23,24,25);1H. The van der Waals surface area contributed by atoms with Gasteiger partial charge in [0, 0.05) is 42.4 Å². The molecule has 0 radical (unpaired) electrons. The van der Waals surface area contributed by atoms with Crippen molar-refractivity contribution < 1.29 is 14.0 Å². The summed E-state index contributed by atoms with van der Waals surface area (Å²) in [6.45, 7) is 3.04. The number of methoxy groups -OCH3 is 1. The van der Waals surface area contributed by atoms with E-state index in [0.29, 0.717) is 53.8 Å². The lowest BCUT2D eigenvalue weighted by Crippen LogP contribution is -2.32. The Hall–Kier alpha value is -2.53. The Kier molecular flexibility index (Phi) is 9.86. The molecule has 2 aromatic carbocycles. The molecule has 0 saturated heterocycles. The number of nitrogens with zero attached hydrogens (tertiary/aromatic N) is 3. The van der Waals surface area contributed by atoms with Crippen LogP contribution in [0, 0.1) is 0 Å². The summed E-state index contributed by atoms with van der Waals surface area (Å²) in [6.07, 6.45) is 0.543. The number of benzene rings is 2. The van der Waals surface area contributed by atoms with Crippen LogP contribution in [-0.4, -0.2) is 43.4 Å². The molecule has 10 heteroatoms. The first-order valence-electron chi connectivity index (χ1n) is 9.50. The lowest BCUT2D eigenvalue weighted by atomic mass is 10.2. The fourth-order valence-corrected chi connectivity index (χ4v) is 2.92. The number of anilines is 1. The summed E-state index contributed by atoms with van der Waals surface area (Å²) in [6, 6.07) is 12.9. The monoisotopic (exact) mass is 557 g/mol. The highest BCUT2D eigenvalue weighted by Crippen LogP contribution is 2.30. The molecule has 0 atom stereocenters. The summed E-state index contributed by atoms with van der Waals surface area (Å²) in [7, 11) is 3.31. The summed E-state index contributed by atoms with van der Waals surface area (Å²) in [5.41, 5.74) is 1.64. The Bertz CT molecular complexity index is 1010. The van der Waals surface area contributed by atoms with Crippen molar-refractivity contribution in [1.29, 1.82) is 0 Å². The summed E-state index contributed by atoms with van der Waals surface area (Å²) in [4.78, 5) is 8.65. The summed E-state index contributed by atoms with van der Waals surface area (Å²) < 4.78 is 16.2. The van der Waals surface area contributed by atoms with E-state index in [9.17, 15) is 0 Å². The van der Waals surface area contributed by atoms with Gasteiger partial charge in [0.2, 0.25) is 11.7 Å². The predicted molar refractivity (Wildman–Crippen MR) is 133 cm³/mol. The van der Waals surface area contributed by atoms with Crippen LogP contribution in [0.25, 0.3) is 11.4 Å². The van der Waals surface area contributed by atoms with Crippen LogP contribution in [0.15, 0.2) is 52.0 Å². The van der Waals surface area contributed by atoms with Gasteiger partial charge in [-0.25, -0.2) is 0 Å². The van der Waals surface area contributed by atoms with Gasteiger partial charge in [-0.2, -0.15) is 4.98 Å². The van der Waals surface area contributed by atoms with Gasteiger partial charge >= 0.3 is 0 Å². The molecule has 0 fully saturated rings. The van der Waals surface area contributed by atoms with Crippen LogP contribution in [0.3, 0.4) is 0 Å². The molecule has 0 unspecified atom stereocenters. The van der Waals surface area contributed by atoms with E-state index in [1.807, 2.05) is 37.3 Å². The van der Waals surface area contributed by atoms with Crippen LogP contribution >= 0.6 is 35.6 Å². The van der Waals surface area contributed by atoms with E-state index in [1.165, 1.54) is 0 Å². The molecule has 0 aliphatic heterocycles. The second-order valence-electron chi connectivity index (χ2n) is 6.19. The number of aromatic nitrogens is 2. The minimum Gasteiger partial charge on any atom is -0.493 e. The Morgan fingerprint density at radius 1 is 1.19 bits per heavy atom. The maximum Gasteiger partial charge on any atom is 0.228 e. The van der Waals surface area contributed by atoms with Crippen LogP contribution in [0.1, 0.15) is 12.8 Å². The zero-order chi connectivity index (χ0) is 21.3. The van der Waals surface area contributed by atoms with Crippen molar-refractivity contribution in [2.24, 2.45) is 4.99 Å². The topological polar surface area (TPSA) is 93.8 Å². The highest BCUT2D eigenvalue weighted by atomic mass is 127. The van der Waals surface area contributed by atoms with Gasteiger partial charge in [-0.1, -0.05) is 28.9 Å². The second-order valence-corrected chi connectivity index (χ2v) is 6.63. The SMILES string of the molecule is CCOc1cc(NC(=NC)NCCc2nc(-c3cccc(Cl)c3)no2)ccc1OC.I. The van der Waals surface area contributed by atoms with Gasteiger partial charge in [0.1, 0.15) is 0 Å². The largest absolute Gasteiger partial charge is 0.493 e. The third-order valence-corrected chi connectivity index (χ3v) is 4.37. The van der Waals surface area contributed by atoms with Gasteiger partial charge in [-0.3, -0.25) is 4.99 Å². The molecular weight excluding hydrogens is 533 g/mol. The third-order valence-electron chi connectivity index (χ3n) is 4.13. The lowest BCUT2D eigenvalue weighted by Gasteiger charge is -2.14. The van der Waals surface area contributed by atoms with E-state index in [4.69, 9.17) is 25.6 Å². The Morgan fingerprint density at radius 2 is 2.03 bits per heavy atom. The number of rotatable bonds is 8. The molecule has 3 aromatic rings. The van der Waals surface area contributed by atoms with Crippen LogP contribution in [0.5, 0.6) is 11.5 Å². The quantitative estimate of drug-likeness (QED) is 0.237. The minimum atomic E-state index is 0. The molecule has 0 spiro atoms. The number of hydrogen-bond acceptors (Lipinski definition) is 6. The lowest BCUT2D eigenvalue weighted by molar-refractivity contribution is 0.311. The van der Waals surface area contributed by atoms with E-state index in [-0.39, 0.29) is 24.0 Å². The van der Waals surface area contributed by atoms with E-state index in [0.717, 1.165) is 11.3 Å². The van der Waals surface area contributed by atoms with E-state index >= 15 is 0 Å². The maximum absolute atomic E-state index is 6.02. The number of aliphatic imine (C=N–C) groups is 1. The molecule has 166 valence electrons. The van der Waals surface area contributed by atoms with Crippen molar-refractivity contribution in [3.8, 4) is 22.9 Å². The molecule has 2 N–H and O–H groups in total. The van der Waals surface area contributed by atoms with Crippen LogP contribution in [-0.2, 0) is 6.42 Å². The molecule has 1 aromatic heterocycles. The number of hydrogen-bond donors (Lipinski definition) is 2. The van der Waals surface area contributed by atoms with E-state index < -0.39 is 0 Å². The zero-order valence-corrected chi connectivity index (χ0v) is 20.6. The summed E-state index contributed by atoms with van der Waals surface area (Å²) in [5, 5.41) is 11.1. The second kappa shape index (κ2) is 12.4. The fraction of sp³-hybridized carbons (Fsp3) is 0.286. The summed E-state index contributed by atoms with van der Waals surface area (Å²) in [5.74, 6) is 2.99. The average Bonchev–Trinajstić information content (AvgIpc) is 3.22. The highest BCUT2D eigenvalue weighted by Gasteiger charge is 2.10. The smallest absolute Gasteiger partial charge is 0.228 e. The Morgan fingerprint density at radius 3 is 2.74 bits per heavy atom. The van der Waals surface area contributed by atoms with Gasteiger partial charge in [-0.05, 0) is 31.2 Å². The van der Waals surface area contributed by atoms with Crippen molar-refractivity contribution in [1.82, 2.24) is 15.5 Å². The average molecular weight is 558 g/mol. The zero-order valence-electron chi connectivity index (χ0n) is 17.5. The van der Waals surface area contributed by atoms with Crippen molar-refractivity contribution >= 4 is 47.2 Å². The normalized spacial score (nSPS) is 10.9. The first kappa shape index (κ1) is 24.7. The molecule has 0 aliphatic rings. The third kappa shape index (κ3) is 7.00. The van der Waals surface area contributed by atoms with Gasteiger partial charge in [-0.15, -0.1) is 24.0 Å². The number of ether oxygens (including phenoxy) is 2. The first-order valence-corrected chi connectivity index (χ1v) is 9.87. The minimum absolute atomic E-state index is 0. The number of guanidine groups is 1. The maximum atomic E-state index is 6.02. The molecule has 0 aliphatic carbocycles. The van der Waals surface area contributed by atoms with Gasteiger partial charge < -0.3 is 24.6 Å². The number of halogens is 2. The highest BCUT2D eigenvalue weighted by molar-refractivity contribution is 14.0.